The van der Waals surface area contributed by atoms with Crippen LogP contribution in [0.4, 0.5) is 13.2 Å². The van der Waals surface area contributed by atoms with Gasteiger partial charge in [0.15, 0.2) is 6.61 Å². The largest absolute Gasteiger partial charge is 0.483 e. The first-order valence-corrected chi connectivity index (χ1v) is 6.56. The van der Waals surface area contributed by atoms with Crippen molar-refractivity contribution < 1.29 is 22.7 Å². The van der Waals surface area contributed by atoms with E-state index in [4.69, 9.17) is 22.1 Å². The number of carbonyl (C=O) groups is 1. The van der Waals surface area contributed by atoms with Crippen LogP contribution in [0.1, 0.15) is 12.5 Å². The molecule has 0 saturated carbocycles. The van der Waals surface area contributed by atoms with Crippen LogP contribution < -0.4 is 15.8 Å². The molecule has 0 aliphatic carbocycles. The van der Waals surface area contributed by atoms with E-state index in [-0.39, 0.29) is 6.04 Å². The van der Waals surface area contributed by atoms with E-state index in [0.29, 0.717) is 22.8 Å². The Kier molecular flexibility index (Phi) is 6.29. The summed E-state index contributed by atoms with van der Waals surface area (Å²) in [5.74, 6) is -0.527. The zero-order chi connectivity index (χ0) is 16.0. The highest BCUT2D eigenvalue weighted by Gasteiger charge is 2.27. The normalized spacial score (nSPS) is 12.9. The van der Waals surface area contributed by atoms with Gasteiger partial charge in [-0.2, -0.15) is 13.2 Å². The Morgan fingerprint density at radius 2 is 2.14 bits per heavy atom. The summed E-state index contributed by atoms with van der Waals surface area (Å²) in [7, 11) is 0. The lowest BCUT2D eigenvalue weighted by molar-refractivity contribution is -0.139. The molecule has 0 aliphatic heterocycles. The monoisotopic (exact) mass is 324 g/mol. The molecule has 1 amide bonds. The number of hydrogen-bond acceptors (Lipinski definition) is 3. The first-order valence-electron chi connectivity index (χ1n) is 6.18. The molecule has 0 bridgehead atoms. The van der Waals surface area contributed by atoms with Gasteiger partial charge in [0.1, 0.15) is 12.3 Å². The van der Waals surface area contributed by atoms with E-state index >= 15 is 0 Å². The van der Waals surface area contributed by atoms with E-state index in [1.165, 1.54) is 0 Å². The molecular formula is C13H16ClF3N2O2. The van der Waals surface area contributed by atoms with E-state index in [1.54, 1.807) is 30.4 Å². The fourth-order valence-corrected chi connectivity index (χ4v) is 1.83. The number of halogens is 4. The van der Waals surface area contributed by atoms with Crippen LogP contribution in [-0.4, -0.2) is 31.3 Å². The molecule has 0 fully saturated rings. The number of alkyl halides is 3. The lowest BCUT2D eigenvalue weighted by Crippen LogP contribution is -2.36. The van der Waals surface area contributed by atoms with Crippen LogP contribution in [0.2, 0.25) is 5.02 Å². The topological polar surface area (TPSA) is 64.3 Å². The van der Waals surface area contributed by atoms with Crippen molar-refractivity contribution in [2.24, 2.45) is 5.73 Å². The van der Waals surface area contributed by atoms with E-state index in [1.807, 2.05) is 0 Å². The van der Waals surface area contributed by atoms with Crippen molar-refractivity contribution in [1.29, 1.82) is 0 Å². The van der Waals surface area contributed by atoms with Gasteiger partial charge in [0.05, 0.1) is 0 Å². The zero-order valence-electron chi connectivity index (χ0n) is 11.3. The molecule has 0 spiro atoms. The highest BCUT2D eigenvalue weighted by Crippen LogP contribution is 2.27. The number of carbonyl (C=O) groups excluding carboxylic acids is 1. The van der Waals surface area contributed by atoms with Gasteiger partial charge in [0, 0.05) is 16.6 Å². The minimum absolute atomic E-state index is 0.175. The number of ether oxygens (including phenoxy) is 1. The molecule has 8 heteroatoms. The summed E-state index contributed by atoms with van der Waals surface area (Å²) >= 11 is 6.02. The second-order valence-electron chi connectivity index (χ2n) is 4.58. The predicted molar refractivity (Wildman–Crippen MR) is 73.4 cm³/mol. The third kappa shape index (κ3) is 6.68. The van der Waals surface area contributed by atoms with Gasteiger partial charge >= 0.3 is 6.18 Å². The van der Waals surface area contributed by atoms with Crippen LogP contribution in [0, 0.1) is 0 Å². The standard InChI is InChI=1S/C13H16ClF3N2O2/c1-8(18)5-9-10(14)3-2-4-11(9)21-6-12(20)19-7-13(15,16)17/h2-4,8H,5-7,18H2,1H3,(H,19,20). The van der Waals surface area contributed by atoms with Crippen LogP contribution in [0.15, 0.2) is 18.2 Å². The van der Waals surface area contributed by atoms with Gasteiger partial charge in [0.2, 0.25) is 0 Å². The van der Waals surface area contributed by atoms with Crippen LogP contribution in [0.25, 0.3) is 0 Å². The van der Waals surface area contributed by atoms with Gasteiger partial charge in [-0.15, -0.1) is 0 Å². The number of benzene rings is 1. The van der Waals surface area contributed by atoms with Crippen molar-refractivity contribution in [2.75, 3.05) is 13.2 Å². The van der Waals surface area contributed by atoms with Crippen molar-refractivity contribution in [1.82, 2.24) is 5.32 Å². The Morgan fingerprint density at radius 3 is 2.71 bits per heavy atom. The second kappa shape index (κ2) is 7.51. The molecule has 118 valence electrons. The highest BCUT2D eigenvalue weighted by molar-refractivity contribution is 6.31. The SMILES string of the molecule is CC(N)Cc1c(Cl)cccc1OCC(=O)NCC(F)(F)F. The molecule has 1 rings (SSSR count). The molecule has 1 unspecified atom stereocenters. The van der Waals surface area contributed by atoms with Crippen molar-refractivity contribution in [3.63, 3.8) is 0 Å². The second-order valence-corrected chi connectivity index (χ2v) is 4.99. The molecular weight excluding hydrogens is 309 g/mol. The van der Waals surface area contributed by atoms with Crippen molar-refractivity contribution >= 4 is 17.5 Å². The third-order valence-electron chi connectivity index (χ3n) is 2.45. The Hall–Kier alpha value is -1.47. The molecule has 0 saturated heterocycles. The Morgan fingerprint density at radius 1 is 1.48 bits per heavy atom. The van der Waals surface area contributed by atoms with E-state index < -0.39 is 25.2 Å². The number of rotatable bonds is 6. The van der Waals surface area contributed by atoms with Crippen molar-refractivity contribution in [3.8, 4) is 5.75 Å². The lowest BCUT2D eigenvalue weighted by Gasteiger charge is -2.14. The van der Waals surface area contributed by atoms with Crippen LogP contribution in [0.5, 0.6) is 5.75 Å². The summed E-state index contributed by atoms with van der Waals surface area (Å²) in [5, 5.41) is 2.15. The molecule has 0 aromatic heterocycles. The molecule has 1 aromatic carbocycles. The number of amides is 1. The van der Waals surface area contributed by atoms with E-state index in [9.17, 15) is 18.0 Å². The summed E-state index contributed by atoms with van der Waals surface area (Å²) in [6, 6.07) is 4.68. The summed E-state index contributed by atoms with van der Waals surface area (Å²) in [6.45, 7) is -0.136. The molecule has 21 heavy (non-hydrogen) atoms. The lowest BCUT2D eigenvalue weighted by atomic mass is 10.1. The van der Waals surface area contributed by atoms with Gasteiger partial charge in [0.25, 0.3) is 5.91 Å². The number of nitrogens with two attached hydrogens (primary N) is 1. The van der Waals surface area contributed by atoms with Crippen molar-refractivity contribution in [2.45, 2.75) is 25.6 Å². The molecule has 0 radical (unpaired) electrons. The smallest absolute Gasteiger partial charge is 0.405 e. The van der Waals surface area contributed by atoms with Crippen LogP contribution >= 0.6 is 11.6 Å². The maximum absolute atomic E-state index is 12.0. The van der Waals surface area contributed by atoms with E-state index in [0.717, 1.165) is 0 Å². The Bertz CT molecular complexity index is 493. The maximum atomic E-state index is 12.0. The Labute approximate surface area is 125 Å². The molecule has 0 aliphatic rings. The van der Waals surface area contributed by atoms with Gasteiger partial charge in [-0.05, 0) is 25.5 Å². The van der Waals surface area contributed by atoms with Gasteiger partial charge < -0.3 is 15.8 Å². The molecule has 3 N–H and O–H groups in total. The van der Waals surface area contributed by atoms with Crippen LogP contribution in [-0.2, 0) is 11.2 Å². The summed E-state index contributed by atoms with van der Waals surface area (Å²) < 4.78 is 41.1. The Balaban J connectivity index is 2.63. The first-order chi connectivity index (χ1) is 9.69. The minimum Gasteiger partial charge on any atom is -0.483 e. The number of nitrogens with one attached hydrogen (secondary N) is 1. The molecule has 4 nitrogen and oxygen atoms in total. The summed E-state index contributed by atoms with van der Waals surface area (Å²) in [6.07, 6.45) is -4.02. The van der Waals surface area contributed by atoms with Gasteiger partial charge in [-0.1, -0.05) is 17.7 Å². The quantitative estimate of drug-likeness (QED) is 0.844. The summed E-state index contributed by atoms with van der Waals surface area (Å²) in [4.78, 5) is 11.3. The first kappa shape index (κ1) is 17.6. The summed E-state index contributed by atoms with van der Waals surface area (Å²) in [5.41, 5.74) is 6.32. The highest BCUT2D eigenvalue weighted by atomic mass is 35.5. The fraction of sp³-hybridized carbons (Fsp3) is 0.462. The predicted octanol–water partition coefficient (Wildman–Crippen LogP) is 2.29. The molecule has 1 atom stereocenters. The van der Waals surface area contributed by atoms with E-state index in [2.05, 4.69) is 0 Å². The average molecular weight is 325 g/mol. The number of hydrogen-bond donors (Lipinski definition) is 2. The van der Waals surface area contributed by atoms with Gasteiger partial charge in [-0.25, -0.2) is 0 Å². The third-order valence-corrected chi connectivity index (χ3v) is 2.80. The minimum atomic E-state index is -4.45. The molecule has 1 aromatic rings. The average Bonchev–Trinajstić information content (AvgIpc) is 2.36. The zero-order valence-corrected chi connectivity index (χ0v) is 12.1. The van der Waals surface area contributed by atoms with Crippen LogP contribution in [0.3, 0.4) is 0 Å². The van der Waals surface area contributed by atoms with Crippen molar-refractivity contribution in [3.05, 3.63) is 28.8 Å². The van der Waals surface area contributed by atoms with Gasteiger partial charge in [-0.3, -0.25) is 4.79 Å². The fourth-order valence-electron chi connectivity index (χ4n) is 1.59. The maximum Gasteiger partial charge on any atom is 0.405 e. The molecule has 0 heterocycles.